The lowest BCUT2D eigenvalue weighted by atomic mass is 9.87. The lowest BCUT2D eigenvalue weighted by molar-refractivity contribution is -0.135. The summed E-state index contributed by atoms with van der Waals surface area (Å²) in [5.41, 5.74) is 2.96. The predicted octanol–water partition coefficient (Wildman–Crippen LogP) is 4.05. The van der Waals surface area contributed by atoms with Gasteiger partial charge in [0.2, 0.25) is 5.91 Å². The molecule has 0 spiro atoms. The summed E-state index contributed by atoms with van der Waals surface area (Å²) >= 11 is 0. The number of carbonyl (C=O) groups excluding carboxylic acids is 2. The van der Waals surface area contributed by atoms with Gasteiger partial charge in [0.25, 0.3) is 5.91 Å². The van der Waals surface area contributed by atoms with Crippen LogP contribution in [0.4, 0.5) is 4.39 Å². The fourth-order valence-electron chi connectivity index (χ4n) is 5.02. The molecular weight excluding hydrogens is 457 g/mol. The second kappa shape index (κ2) is 11.7. The zero-order valence-electron chi connectivity index (χ0n) is 21.3. The molecule has 0 aromatic heterocycles. The summed E-state index contributed by atoms with van der Waals surface area (Å²) in [6.07, 6.45) is 3.08. The Morgan fingerprint density at radius 2 is 1.78 bits per heavy atom. The zero-order valence-corrected chi connectivity index (χ0v) is 21.3. The van der Waals surface area contributed by atoms with E-state index in [1.54, 1.807) is 12.1 Å². The Morgan fingerprint density at radius 3 is 2.44 bits per heavy atom. The lowest BCUT2D eigenvalue weighted by Gasteiger charge is -2.38. The second-order valence-corrected chi connectivity index (χ2v) is 10.0. The standard InChI is InChI=1S/C29H36FN3O3/c1-4-12-31-14-16-32(17-15-31)28(35)20-36-25-10-7-22-11-13-33(27(34)18-21(2)3)29(26(22)19-25)23-5-8-24(30)9-6-23/h4-10,19,21,29H,1,11-18,20H2,2-3H3. The van der Waals surface area contributed by atoms with E-state index >= 15 is 0 Å². The maximum atomic E-state index is 13.7. The smallest absolute Gasteiger partial charge is 0.260 e. The van der Waals surface area contributed by atoms with Crippen molar-refractivity contribution in [1.82, 2.24) is 14.7 Å². The van der Waals surface area contributed by atoms with Crippen molar-refractivity contribution in [2.24, 2.45) is 5.92 Å². The van der Waals surface area contributed by atoms with E-state index in [1.807, 2.05) is 47.9 Å². The molecule has 7 heteroatoms. The Morgan fingerprint density at radius 1 is 1.06 bits per heavy atom. The molecule has 6 nitrogen and oxygen atoms in total. The third-order valence-electron chi connectivity index (χ3n) is 6.91. The molecule has 1 fully saturated rings. The molecule has 1 atom stereocenters. The normalized spacial score (nSPS) is 18.2. The lowest BCUT2D eigenvalue weighted by Crippen LogP contribution is -2.49. The topological polar surface area (TPSA) is 53.1 Å². The highest BCUT2D eigenvalue weighted by atomic mass is 19.1. The minimum atomic E-state index is -0.321. The molecule has 192 valence electrons. The summed E-state index contributed by atoms with van der Waals surface area (Å²) in [6, 6.07) is 11.9. The maximum absolute atomic E-state index is 13.7. The van der Waals surface area contributed by atoms with Gasteiger partial charge in [-0.25, -0.2) is 4.39 Å². The van der Waals surface area contributed by atoms with E-state index < -0.39 is 0 Å². The van der Waals surface area contributed by atoms with Crippen LogP contribution in [0.5, 0.6) is 5.75 Å². The average molecular weight is 494 g/mol. The van der Waals surface area contributed by atoms with Crippen LogP contribution in [-0.2, 0) is 16.0 Å². The fourth-order valence-corrected chi connectivity index (χ4v) is 5.02. The van der Waals surface area contributed by atoms with E-state index in [-0.39, 0.29) is 36.2 Å². The first kappa shape index (κ1) is 25.9. The van der Waals surface area contributed by atoms with Crippen LogP contribution >= 0.6 is 0 Å². The van der Waals surface area contributed by atoms with Gasteiger partial charge in [0.05, 0.1) is 6.04 Å². The van der Waals surface area contributed by atoms with Gasteiger partial charge in [-0.15, -0.1) is 6.58 Å². The number of rotatable bonds is 8. The number of piperazine rings is 1. The highest BCUT2D eigenvalue weighted by molar-refractivity contribution is 5.78. The predicted molar refractivity (Wildman–Crippen MR) is 138 cm³/mol. The number of halogens is 1. The van der Waals surface area contributed by atoms with Crippen molar-refractivity contribution in [3.8, 4) is 5.75 Å². The molecule has 0 aliphatic carbocycles. The molecule has 1 unspecified atom stereocenters. The molecular formula is C29H36FN3O3. The van der Waals surface area contributed by atoms with Crippen molar-refractivity contribution in [2.45, 2.75) is 32.7 Å². The monoisotopic (exact) mass is 493 g/mol. The average Bonchev–Trinajstić information content (AvgIpc) is 2.87. The molecule has 0 N–H and O–H groups in total. The van der Waals surface area contributed by atoms with Gasteiger partial charge in [-0.3, -0.25) is 14.5 Å². The summed E-state index contributed by atoms with van der Waals surface area (Å²) < 4.78 is 19.6. The van der Waals surface area contributed by atoms with Crippen LogP contribution in [0.25, 0.3) is 0 Å². The third kappa shape index (κ3) is 6.13. The van der Waals surface area contributed by atoms with Gasteiger partial charge in [0, 0.05) is 45.7 Å². The van der Waals surface area contributed by atoms with Crippen molar-refractivity contribution in [2.75, 3.05) is 45.9 Å². The summed E-state index contributed by atoms with van der Waals surface area (Å²) in [6.45, 7) is 12.3. The molecule has 0 saturated carbocycles. The first-order valence-electron chi connectivity index (χ1n) is 12.8. The van der Waals surface area contributed by atoms with E-state index in [9.17, 15) is 14.0 Å². The first-order chi connectivity index (χ1) is 17.4. The summed E-state index contributed by atoms with van der Waals surface area (Å²) in [5, 5.41) is 0. The Kier molecular flexibility index (Phi) is 8.41. The molecule has 0 bridgehead atoms. The van der Waals surface area contributed by atoms with Crippen molar-refractivity contribution in [3.05, 3.63) is 77.6 Å². The molecule has 2 aromatic rings. The fraction of sp³-hybridized carbons (Fsp3) is 0.448. The number of hydrogen-bond donors (Lipinski definition) is 0. The van der Waals surface area contributed by atoms with Gasteiger partial charge >= 0.3 is 0 Å². The van der Waals surface area contributed by atoms with Crippen molar-refractivity contribution in [3.63, 3.8) is 0 Å². The molecule has 1 saturated heterocycles. The van der Waals surface area contributed by atoms with Crippen LogP contribution in [0, 0.1) is 11.7 Å². The van der Waals surface area contributed by atoms with Crippen LogP contribution in [0.2, 0.25) is 0 Å². The van der Waals surface area contributed by atoms with Gasteiger partial charge in [-0.2, -0.15) is 0 Å². The quantitative estimate of drug-likeness (QED) is 0.521. The van der Waals surface area contributed by atoms with Crippen molar-refractivity contribution >= 4 is 11.8 Å². The number of fused-ring (bicyclic) bond motifs is 1. The van der Waals surface area contributed by atoms with Crippen molar-refractivity contribution < 1.29 is 18.7 Å². The Bertz CT molecular complexity index is 1080. The first-order valence-corrected chi connectivity index (χ1v) is 12.8. The van der Waals surface area contributed by atoms with Crippen LogP contribution in [0.1, 0.15) is 43.0 Å². The Labute approximate surface area is 213 Å². The van der Waals surface area contributed by atoms with Crippen LogP contribution in [0.15, 0.2) is 55.1 Å². The van der Waals surface area contributed by atoms with Gasteiger partial charge in [0.1, 0.15) is 11.6 Å². The molecule has 36 heavy (non-hydrogen) atoms. The van der Waals surface area contributed by atoms with Crippen LogP contribution in [0.3, 0.4) is 0 Å². The van der Waals surface area contributed by atoms with Crippen molar-refractivity contribution in [1.29, 1.82) is 0 Å². The van der Waals surface area contributed by atoms with E-state index in [4.69, 9.17) is 4.74 Å². The third-order valence-corrected chi connectivity index (χ3v) is 6.91. The Hall–Kier alpha value is -3.19. The highest BCUT2D eigenvalue weighted by Gasteiger charge is 2.32. The number of carbonyl (C=O) groups is 2. The molecule has 0 radical (unpaired) electrons. The number of nitrogens with zero attached hydrogens (tertiary/aromatic N) is 3. The molecule has 2 aromatic carbocycles. The van der Waals surface area contributed by atoms with E-state index in [0.29, 0.717) is 31.8 Å². The summed E-state index contributed by atoms with van der Waals surface area (Å²) in [4.78, 5) is 31.9. The Balaban J connectivity index is 1.51. The zero-order chi connectivity index (χ0) is 25.7. The molecule has 2 aliphatic rings. The van der Waals surface area contributed by atoms with Crippen LogP contribution in [-0.4, -0.2) is 72.4 Å². The largest absolute Gasteiger partial charge is 0.484 e. The summed E-state index contributed by atoms with van der Waals surface area (Å²) in [5.74, 6) is 0.581. The minimum absolute atomic E-state index is 0.0303. The maximum Gasteiger partial charge on any atom is 0.260 e. The number of ether oxygens (including phenoxy) is 1. The van der Waals surface area contributed by atoms with Crippen LogP contribution < -0.4 is 4.74 Å². The minimum Gasteiger partial charge on any atom is -0.484 e. The van der Waals surface area contributed by atoms with E-state index in [1.165, 1.54) is 12.1 Å². The molecule has 4 rings (SSSR count). The number of benzene rings is 2. The highest BCUT2D eigenvalue weighted by Crippen LogP contribution is 2.38. The van der Waals surface area contributed by atoms with E-state index in [2.05, 4.69) is 11.5 Å². The SMILES string of the molecule is C=CCN1CCN(C(=O)COc2ccc3c(c2)C(c2ccc(F)cc2)N(C(=O)CC(C)C)CC3)CC1. The molecule has 2 amide bonds. The van der Waals surface area contributed by atoms with Gasteiger partial charge < -0.3 is 14.5 Å². The summed E-state index contributed by atoms with van der Waals surface area (Å²) in [7, 11) is 0. The van der Waals surface area contributed by atoms with E-state index in [0.717, 1.165) is 42.7 Å². The number of amides is 2. The van der Waals surface area contributed by atoms with Gasteiger partial charge in [-0.1, -0.05) is 38.1 Å². The number of hydrogen-bond acceptors (Lipinski definition) is 4. The molecule has 2 heterocycles. The van der Waals surface area contributed by atoms with Gasteiger partial charge in [0.15, 0.2) is 6.61 Å². The second-order valence-electron chi connectivity index (χ2n) is 10.0. The van der Waals surface area contributed by atoms with Gasteiger partial charge in [-0.05, 0) is 53.3 Å². The molecule has 2 aliphatic heterocycles.